The number of carboxylic acids is 8. The molecule has 0 heterocycles. The first-order valence-corrected chi connectivity index (χ1v) is 17.3. The summed E-state index contributed by atoms with van der Waals surface area (Å²) in [6.07, 6.45) is 0. The van der Waals surface area contributed by atoms with Crippen LogP contribution in [0.25, 0.3) is 32.3 Å². The molecule has 0 bridgehead atoms. The van der Waals surface area contributed by atoms with Crippen molar-refractivity contribution in [3.8, 4) is 0 Å². The van der Waals surface area contributed by atoms with E-state index in [0.717, 1.165) is 66.7 Å². The molecule has 22 nitrogen and oxygen atoms in total. The first-order valence-electron chi connectivity index (χ1n) is 17.3. The van der Waals surface area contributed by atoms with Gasteiger partial charge in [-0.3, -0.25) is 0 Å². The van der Waals surface area contributed by atoms with Gasteiger partial charge in [0.25, 0.3) is 0 Å². The van der Waals surface area contributed by atoms with Gasteiger partial charge in [0.2, 0.25) is 0 Å². The van der Waals surface area contributed by atoms with Crippen LogP contribution in [0.2, 0.25) is 0 Å². The van der Waals surface area contributed by atoms with Crippen LogP contribution < -0.4 is 0 Å². The van der Waals surface area contributed by atoms with Crippen LogP contribution in [0.15, 0.2) is 72.8 Å². The Kier molecular flexibility index (Phi) is 11.1. The highest BCUT2D eigenvalue weighted by Crippen LogP contribution is 2.37. The normalized spacial score (nSPS) is 10.8. The average molecular weight is 877 g/mol. The second-order valence-corrected chi connectivity index (χ2v) is 12.9. The molecule has 0 aromatic heterocycles. The molecule has 6 aromatic carbocycles. The van der Waals surface area contributed by atoms with E-state index in [4.69, 9.17) is 9.47 Å². The monoisotopic (exact) mass is 876 g/mol. The number of carboxylic acid groups (broad SMARTS) is 8. The first kappa shape index (κ1) is 43.7. The summed E-state index contributed by atoms with van der Waals surface area (Å²) in [6.45, 7) is 0. The second kappa shape index (κ2) is 16.3. The summed E-state index contributed by atoms with van der Waals surface area (Å²) >= 11 is 0. The predicted molar refractivity (Wildman–Crippen MR) is 207 cm³/mol. The van der Waals surface area contributed by atoms with E-state index in [1.54, 1.807) is 0 Å². The number of rotatable bonds is 12. The molecule has 0 saturated carbocycles. The predicted octanol–water partition coefficient (Wildman–Crippen LogP) is 4.73. The summed E-state index contributed by atoms with van der Waals surface area (Å²) in [4.78, 5) is 157. The minimum atomic E-state index is -2.33. The Morgan fingerprint density at radius 1 is 0.234 bits per heavy atom. The summed E-state index contributed by atoms with van der Waals surface area (Å²) in [7, 11) is 0. The summed E-state index contributed by atoms with van der Waals surface area (Å²) in [5.41, 5.74) is -16.8. The summed E-state index contributed by atoms with van der Waals surface area (Å²) in [5, 5.41) is 76.8. The van der Waals surface area contributed by atoms with Crippen molar-refractivity contribution in [2.45, 2.75) is 0 Å². The van der Waals surface area contributed by atoms with Gasteiger partial charge in [0.1, 0.15) is 0 Å². The molecule has 0 unspecified atom stereocenters. The van der Waals surface area contributed by atoms with Crippen LogP contribution in [0.4, 0.5) is 0 Å². The molecular weight excluding hydrogens is 856 g/mol. The molecule has 8 N–H and O–H groups in total. The maximum atomic E-state index is 14.3. The number of carbonyl (C=O) groups is 12. The number of fused-ring (bicyclic) bond motifs is 3. The van der Waals surface area contributed by atoms with Crippen LogP contribution in [0, 0.1) is 0 Å². The van der Waals surface area contributed by atoms with E-state index < -0.39 is 171 Å². The lowest BCUT2D eigenvalue weighted by Gasteiger charge is -2.19. The zero-order valence-corrected chi connectivity index (χ0v) is 31.2. The Morgan fingerprint density at radius 2 is 0.391 bits per heavy atom. The summed E-state index contributed by atoms with van der Waals surface area (Å²) in [5.74, 6) is -25.8. The van der Waals surface area contributed by atoms with Crippen molar-refractivity contribution >= 4 is 104 Å². The number of carbonyl (C=O) groups excluding carboxylic acids is 4. The van der Waals surface area contributed by atoms with Gasteiger partial charge < -0.3 is 50.3 Å². The maximum absolute atomic E-state index is 14.3. The second-order valence-electron chi connectivity index (χ2n) is 12.9. The van der Waals surface area contributed by atoms with Gasteiger partial charge in [-0.25, -0.2) is 57.5 Å². The van der Waals surface area contributed by atoms with Gasteiger partial charge in [0.15, 0.2) is 0 Å². The minimum absolute atomic E-state index is 0.556. The number of hydrogen-bond acceptors (Lipinski definition) is 14. The lowest BCUT2D eigenvalue weighted by Crippen LogP contribution is -2.27. The molecule has 0 radical (unpaired) electrons. The van der Waals surface area contributed by atoms with Crippen molar-refractivity contribution in [3.05, 3.63) is 140 Å². The van der Waals surface area contributed by atoms with E-state index >= 15 is 0 Å². The van der Waals surface area contributed by atoms with Crippen LogP contribution in [0.5, 0.6) is 0 Å². The molecule has 0 aliphatic rings. The molecule has 0 fully saturated rings. The Morgan fingerprint density at radius 3 is 0.609 bits per heavy atom. The van der Waals surface area contributed by atoms with Gasteiger partial charge in [-0.15, -0.1) is 0 Å². The standard InChI is InChI=1S/C42H20O22/c43-31(44)19-13-7-1-4-10-16(13)22(28(37(55)56)25(19)34(49)50)39(59)63-41(61)24-18-12-6-3-9-15(18)21(33(47)48)27(36(53)54)30(24)42(62)64-40(60)23-17-11-5-2-8-14(17)20(32(45)46)26(35(51)52)29(23)38(57)58/h1-12H,(H,43,44)(H,45,46)(H,47,48)(H,49,50)(H,51,52)(H,53,54)(H,55,56)(H,57,58). The average Bonchev–Trinajstić information content (AvgIpc) is 3.22. The minimum Gasteiger partial charge on any atom is -0.478 e. The Labute approximate surface area is 350 Å². The smallest absolute Gasteiger partial charge is 0.347 e. The Bertz CT molecular complexity index is 3260. The van der Waals surface area contributed by atoms with E-state index in [9.17, 15) is 98.4 Å². The van der Waals surface area contributed by atoms with Crippen molar-refractivity contribution in [1.82, 2.24) is 0 Å². The van der Waals surface area contributed by atoms with Crippen molar-refractivity contribution in [1.29, 1.82) is 0 Å². The van der Waals surface area contributed by atoms with Crippen molar-refractivity contribution < 1.29 is 108 Å². The van der Waals surface area contributed by atoms with Gasteiger partial charge in [0.05, 0.1) is 66.8 Å². The highest BCUT2D eigenvalue weighted by Gasteiger charge is 2.40. The van der Waals surface area contributed by atoms with Gasteiger partial charge in [-0.2, -0.15) is 0 Å². The van der Waals surface area contributed by atoms with E-state index in [0.29, 0.717) is 0 Å². The lowest BCUT2D eigenvalue weighted by atomic mass is 9.88. The highest BCUT2D eigenvalue weighted by atomic mass is 16.6. The number of esters is 4. The zero-order valence-electron chi connectivity index (χ0n) is 31.2. The fourth-order valence-corrected chi connectivity index (χ4v) is 7.26. The molecular formula is C42H20O22. The molecule has 22 heteroatoms. The highest BCUT2D eigenvalue weighted by molar-refractivity contribution is 6.29. The zero-order chi connectivity index (χ0) is 47.2. The SMILES string of the molecule is O=C(O)c1c(C(=O)O)c(C(=O)OC(=O)c2c(C(=O)O)c(C(=O)O)c3ccccc3c2C(=O)OC(=O)c2c(C(=O)O)c(C(=O)O)c(C(=O)O)c3ccccc23)c2ccccc2c1C(=O)O. The fraction of sp³-hybridized carbons (Fsp3) is 0. The first-order chi connectivity index (χ1) is 30.1. The van der Waals surface area contributed by atoms with Crippen LogP contribution in [-0.4, -0.2) is 112 Å². The molecule has 64 heavy (non-hydrogen) atoms. The molecule has 0 amide bonds. The van der Waals surface area contributed by atoms with Gasteiger partial charge >= 0.3 is 71.6 Å². The molecule has 0 spiro atoms. The lowest BCUT2D eigenvalue weighted by molar-refractivity contribution is 0.0354. The Balaban J connectivity index is 1.64. The van der Waals surface area contributed by atoms with Gasteiger partial charge in [0, 0.05) is 0 Å². The summed E-state index contributed by atoms with van der Waals surface area (Å²) < 4.78 is 9.82. The molecule has 6 rings (SSSR count). The van der Waals surface area contributed by atoms with E-state index in [2.05, 4.69) is 0 Å². The molecule has 6 aromatic rings. The van der Waals surface area contributed by atoms with Crippen LogP contribution in [-0.2, 0) is 9.47 Å². The summed E-state index contributed by atoms with van der Waals surface area (Å²) in [6, 6.07) is 12.4. The third-order valence-corrected chi connectivity index (χ3v) is 9.55. The van der Waals surface area contributed by atoms with E-state index in [-0.39, 0.29) is 0 Å². The van der Waals surface area contributed by atoms with Crippen LogP contribution >= 0.6 is 0 Å². The van der Waals surface area contributed by atoms with E-state index in [1.165, 1.54) is 6.07 Å². The van der Waals surface area contributed by atoms with E-state index in [1.807, 2.05) is 0 Å². The number of ether oxygens (including phenoxy) is 2. The maximum Gasteiger partial charge on any atom is 0.347 e. The van der Waals surface area contributed by atoms with Gasteiger partial charge in [-0.1, -0.05) is 72.8 Å². The van der Waals surface area contributed by atoms with Crippen LogP contribution in [0.1, 0.15) is 124 Å². The number of aromatic carboxylic acids is 8. The van der Waals surface area contributed by atoms with Crippen LogP contribution in [0.3, 0.4) is 0 Å². The topological polar surface area (TPSA) is 385 Å². The molecule has 0 saturated heterocycles. The van der Waals surface area contributed by atoms with Crippen molar-refractivity contribution in [2.24, 2.45) is 0 Å². The van der Waals surface area contributed by atoms with Gasteiger partial charge in [-0.05, 0) is 32.3 Å². The molecule has 0 aliphatic carbocycles. The molecule has 0 aliphatic heterocycles. The quantitative estimate of drug-likeness (QED) is 0.0608. The third-order valence-electron chi connectivity index (χ3n) is 9.55. The van der Waals surface area contributed by atoms with Crippen molar-refractivity contribution in [2.75, 3.05) is 0 Å². The largest absolute Gasteiger partial charge is 0.478 e. The fourth-order valence-electron chi connectivity index (χ4n) is 7.26. The Hall–Kier alpha value is -9.86. The number of hydrogen-bond donors (Lipinski definition) is 8. The molecule has 320 valence electrons. The molecule has 0 atom stereocenters. The number of benzene rings is 6. The third kappa shape index (κ3) is 7.04. The van der Waals surface area contributed by atoms with Crippen molar-refractivity contribution in [3.63, 3.8) is 0 Å².